The van der Waals surface area contributed by atoms with E-state index in [1.54, 1.807) is 13.2 Å². The Balaban J connectivity index is 1.89. The van der Waals surface area contributed by atoms with Gasteiger partial charge >= 0.3 is 5.97 Å². The normalized spacial score (nSPS) is 15.0. The van der Waals surface area contributed by atoms with E-state index in [9.17, 15) is 19.1 Å². The number of anilines is 1. The van der Waals surface area contributed by atoms with Crippen molar-refractivity contribution in [2.75, 3.05) is 19.0 Å². The van der Waals surface area contributed by atoms with Crippen molar-refractivity contribution >= 4 is 28.9 Å². The van der Waals surface area contributed by atoms with Gasteiger partial charge in [-0.25, -0.2) is 9.18 Å². The Bertz CT molecular complexity index is 1190. The van der Waals surface area contributed by atoms with E-state index in [4.69, 9.17) is 9.47 Å². The van der Waals surface area contributed by atoms with Crippen LogP contribution in [-0.4, -0.2) is 30.7 Å². The zero-order valence-electron chi connectivity index (χ0n) is 18.3. The van der Waals surface area contributed by atoms with E-state index in [1.165, 1.54) is 24.3 Å². The fourth-order valence-electron chi connectivity index (χ4n) is 4.02. The number of hydrogen-bond donors (Lipinski definition) is 2. The third kappa shape index (κ3) is 4.43. The molecule has 0 unspecified atom stereocenters. The van der Waals surface area contributed by atoms with Crippen molar-refractivity contribution in [3.05, 3.63) is 63.6 Å². The summed E-state index contributed by atoms with van der Waals surface area (Å²) >= 11 is 1.12. The monoisotopic (exact) mass is 469 g/mol. The van der Waals surface area contributed by atoms with Gasteiger partial charge in [-0.15, -0.1) is 11.3 Å². The molecule has 0 bridgehead atoms. The van der Waals surface area contributed by atoms with Crippen molar-refractivity contribution in [1.82, 2.24) is 0 Å². The number of para-hydroxylation sites is 1. The van der Waals surface area contributed by atoms with Gasteiger partial charge in [0.1, 0.15) is 10.7 Å². The van der Waals surface area contributed by atoms with Crippen molar-refractivity contribution in [1.29, 1.82) is 0 Å². The summed E-state index contributed by atoms with van der Waals surface area (Å²) in [5.74, 6) is -1.04. The average Bonchev–Trinajstić information content (AvgIpc) is 3.19. The van der Waals surface area contributed by atoms with Crippen LogP contribution in [0.2, 0.25) is 0 Å². The van der Waals surface area contributed by atoms with Gasteiger partial charge in [-0.05, 0) is 30.2 Å². The molecule has 33 heavy (non-hydrogen) atoms. The Morgan fingerprint density at radius 1 is 1.24 bits per heavy atom. The number of rotatable bonds is 8. The summed E-state index contributed by atoms with van der Waals surface area (Å²) in [5, 5.41) is 12.8. The number of thiophene rings is 1. The van der Waals surface area contributed by atoms with Crippen LogP contribution in [-0.2, 0) is 4.79 Å². The van der Waals surface area contributed by atoms with Crippen LogP contribution >= 0.6 is 11.3 Å². The molecule has 0 saturated heterocycles. The van der Waals surface area contributed by atoms with E-state index in [2.05, 4.69) is 12.2 Å². The van der Waals surface area contributed by atoms with Crippen LogP contribution in [0.25, 0.3) is 11.1 Å². The predicted octanol–water partition coefficient (Wildman–Crippen LogP) is 5.91. The van der Waals surface area contributed by atoms with Crippen LogP contribution in [0.15, 0.2) is 42.5 Å². The van der Waals surface area contributed by atoms with Crippen molar-refractivity contribution in [3.8, 4) is 22.6 Å². The van der Waals surface area contributed by atoms with Crippen LogP contribution in [0.3, 0.4) is 0 Å². The second kappa shape index (κ2) is 9.62. The molecular weight excluding hydrogens is 445 g/mol. The van der Waals surface area contributed by atoms with Gasteiger partial charge in [0.15, 0.2) is 11.5 Å². The molecule has 4 rings (SSSR count). The molecule has 8 heteroatoms. The van der Waals surface area contributed by atoms with Gasteiger partial charge < -0.3 is 19.9 Å². The number of carboxylic acids is 1. The number of hydrogen-bond acceptors (Lipinski definition) is 5. The number of aromatic carboxylic acids is 1. The number of carbonyl (C=O) groups is 2. The molecule has 0 spiro atoms. The summed E-state index contributed by atoms with van der Waals surface area (Å²) in [6, 6.07) is 11.1. The van der Waals surface area contributed by atoms with Crippen molar-refractivity contribution in [2.24, 2.45) is 0 Å². The molecule has 2 aromatic carbocycles. The fraction of sp³-hybridized carbons (Fsp3) is 0.280. The van der Waals surface area contributed by atoms with Gasteiger partial charge in [0.25, 0.3) is 0 Å². The van der Waals surface area contributed by atoms with Gasteiger partial charge in [-0.3, -0.25) is 4.79 Å². The Morgan fingerprint density at radius 3 is 2.67 bits per heavy atom. The summed E-state index contributed by atoms with van der Waals surface area (Å²) in [6.45, 7) is 2.57. The van der Waals surface area contributed by atoms with Crippen LogP contribution in [0.1, 0.15) is 52.2 Å². The quantitative estimate of drug-likeness (QED) is 0.401. The first-order valence-corrected chi connectivity index (χ1v) is 11.5. The molecule has 0 fully saturated rings. The first-order chi connectivity index (χ1) is 15.9. The molecule has 0 saturated carbocycles. The molecule has 0 radical (unpaired) electrons. The first kappa shape index (κ1) is 22.8. The lowest BCUT2D eigenvalue weighted by molar-refractivity contribution is -0.116. The Hall–Kier alpha value is -3.39. The zero-order valence-corrected chi connectivity index (χ0v) is 19.1. The maximum atomic E-state index is 13.5. The molecule has 3 aromatic rings. The van der Waals surface area contributed by atoms with Gasteiger partial charge in [-0.1, -0.05) is 37.6 Å². The molecule has 2 heterocycles. The minimum Gasteiger partial charge on any atom is -0.493 e. The van der Waals surface area contributed by atoms with E-state index in [0.717, 1.165) is 34.6 Å². The number of unbranched alkanes of at least 4 members (excludes halogenated alkanes) is 1. The number of ether oxygens (including phenoxy) is 2. The molecule has 1 atom stereocenters. The minimum atomic E-state index is -1.10. The van der Waals surface area contributed by atoms with Crippen LogP contribution in [0.4, 0.5) is 10.1 Å². The number of fused-ring (bicyclic) bond motifs is 1. The van der Waals surface area contributed by atoms with E-state index in [0.29, 0.717) is 34.9 Å². The molecule has 1 aromatic heterocycles. The molecule has 172 valence electrons. The van der Waals surface area contributed by atoms with Gasteiger partial charge in [-0.2, -0.15) is 0 Å². The maximum Gasteiger partial charge on any atom is 0.346 e. The van der Waals surface area contributed by atoms with E-state index in [-0.39, 0.29) is 17.2 Å². The van der Waals surface area contributed by atoms with Crippen molar-refractivity contribution in [2.45, 2.75) is 32.1 Å². The third-order valence-corrected chi connectivity index (χ3v) is 6.87. The highest BCUT2D eigenvalue weighted by atomic mass is 32.1. The van der Waals surface area contributed by atoms with E-state index in [1.807, 2.05) is 12.1 Å². The Kier molecular flexibility index (Phi) is 6.65. The summed E-state index contributed by atoms with van der Waals surface area (Å²) in [4.78, 5) is 25.7. The van der Waals surface area contributed by atoms with Crippen molar-refractivity contribution < 1.29 is 28.6 Å². The molecule has 1 aliphatic heterocycles. The van der Waals surface area contributed by atoms with Gasteiger partial charge in [0.05, 0.1) is 19.4 Å². The lowest BCUT2D eigenvalue weighted by Crippen LogP contribution is -2.23. The molecule has 2 N–H and O–H groups in total. The van der Waals surface area contributed by atoms with Gasteiger partial charge in [0, 0.05) is 28.3 Å². The summed E-state index contributed by atoms with van der Waals surface area (Å²) in [7, 11) is 1.56. The highest BCUT2D eigenvalue weighted by Crippen LogP contribution is 2.51. The third-order valence-electron chi connectivity index (χ3n) is 5.58. The molecule has 1 amide bonds. The van der Waals surface area contributed by atoms with E-state index < -0.39 is 17.7 Å². The topological polar surface area (TPSA) is 84.9 Å². The molecule has 1 aliphatic rings. The lowest BCUT2D eigenvalue weighted by Gasteiger charge is -2.26. The second-order valence-electron chi connectivity index (χ2n) is 7.74. The average molecular weight is 470 g/mol. The highest BCUT2D eigenvalue weighted by Gasteiger charge is 2.36. The summed E-state index contributed by atoms with van der Waals surface area (Å²) in [6.07, 6.45) is 1.98. The number of amides is 1. The Morgan fingerprint density at radius 2 is 2.00 bits per heavy atom. The standard InChI is InChI=1S/C25H24FNO5S/c1-3-4-12-32-22-16(6-5-7-18(22)31-2)17-13-19(28)27-21-20(14-8-10-15(26)11-9-14)24(25(29)30)33-23(17)21/h5-11,17H,3-4,12-13H2,1-2H3,(H,27,28)(H,29,30)/t17-/m1/s1. The van der Waals surface area contributed by atoms with Crippen LogP contribution < -0.4 is 14.8 Å². The molecule has 0 aliphatic carbocycles. The van der Waals surface area contributed by atoms with Gasteiger partial charge in [0.2, 0.25) is 5.91 Å². The summed E-state index contributed by atoms with van der Waals surface area (Å²) < 4.78 is 25.1. The zero-order chi connectivity index (χ0) is 23.5. The van der Waals surface area contributed by atoms with Crippen LogP contribution in [0.5, 0.6) is 11.5 Å². The van der Waals surface area contributed by atoms with E-state index >= 15 is 0 Å². The molecule has 6 nitrogen and oxygen atoms in total. The first-order valence-electron chi connectivity index (χ1n) is 10.7. The number of benzene rings is 2. The number of carbonyl (C=O) groups excluding carboxylic acids is 1. The smallest absolute Gasteiger partial charge is 0.346 e. The fourth-order valence-corrected chi connectivity index (χ4v) is 5.26. The van der Waals surface area contributed by atoms with Crippen LogP contribution in [0, 0.1) is 5.82 Å². The second-order valence-corrected chi connectivity index (χ2v) is 8.80. The Labute approximate surface area is 195 Å². The number of halogens is 1. The molecular formula is C25H24FNO5S. The predicted molar refractivity (Wildman–Crippen MR) is 125 cm³/mol. The number of methoxy groups -OCH3 is 1. The largest absolute Gasteiger partial charge is 0.493 e. The summed E-state index contributed by atoms with van der Waals surface area (Å²) in [5.41, 5.74) is 2.13. The minimum absolute atomic E-state index is 0.0927. The lowest BCUT2D eigenvalue weighted by atomic mass is 9.88. The highest BCUT2D eigenvalue weighted by molar-refractivity contribution is 7.15. The number of nitrogens with one attached hydrogen (secondary N) is 1. The maximum absolute atomic E-state index is 13.5. The SMILES string of the molecule is CCCCOc1c(OC)cccc1[C@H]1CC(=O)Nc2c1sc(C(=O)O)c2-c1ccc(F)cc1. The number of carboxylic acid groups (broad SMARTS) is 1. The van der Waals surface area contributed by atoms with Crippen molar-refractivity contribution in [3.63, 3.8) is 0 Å².